The number of aryl methyl sites for hydroxylation is 1. The number of para-hydroxylation sites is 1. The molecule has 0 aliphatic carbocycles. The summed E-state index contributed by atoms with van der Waals surface area (Å²) in [5.41, 5.74) is 8.48. The Morgan fingerprint density at radius 3 is 2.85 bits per heavy atom. The molecule has 3 aromatic rings. The predicted octanol–water partition coefficient (Wildman–Crippen LogP) is 2.89. The first-order valence-electron chi connectivity index (χ1n) is 6.91. The average Bonchev–Trinajstić information content (AvgIpc) is 2.94. The lowest BCUT2D eigenvalue weighted by Gasteiger charge is -2.15. The molecule has 2 heterocycles. The summed E-state index contributed by atoms with van der Waals surface area (Å²) in [4.78, 5) is 8.82. The van der Waals surface area contributed by atoms with Gasteiger partial charge in [0.2, 0.25) is 0 Å². The van der Waals surface area contributed by atoms with E-state index in [1.165, 1.54) is 0 Å². The van der Waals surface area contributed by atoms with Crippen LogP contribution in [0.1, 0.15) is 30.8 Å². The summed E-state index contributed by atoms with van der Waals surface area (Å²) in [6.45, 7) is 3.09. The average molecular weight is 266 g/mol. The van der Waals surface area contributed by atoms with Crippen molar-refractivity contribution in [2.45, 2.75) is 25.9 Å². The summed E-state index contributed by atoms with van der Waals surface area (Å²) in [5, 5.41) is 1.09. The number of fused-ring (bicyclic) bond motifs is 1. The molecule has 1 unspecified atom stereocenters. The van der Waals surface area contributed by atoms with Gasteiger partial charge in [0, 0.05) is 30.5 Å². The Bertz CT molecular complexity index is 712. The standard InChI is InChI=1S/C16H18N4/c1-2-10-20-11-9-19-16(20)15(17)13-7-8-18-14-6-4-3-5-12(13)14/h3-9,11,15H,2,10,17H2,1H3. The van der Waals surface area contributed by atoms with E-state index in [0.29, 0.717) is 0 Å². The zero-order chi connectivity index (χ0) is 13.9. The number of imidazole rings is 1. The van der Waals surface area contributed by atoms with E-state index >= 15 is 0 Å². The van der Waals surface area contributed by atoms with Crippen molar-refractivity contribution in [3.05, 3.63) is 60.3 Å². The fourth-order valence-electron chi connectivity index (χ4n) is 2.56. The summed E-state index contributed by atoms with van der Waals surface area (Å²) in [6, 6.07) is 9.82. The minimum Gasteiger partial charge on any atom is -0.333 e. The van der Waals surface area contributed by atoms with Crippen molar-refractivity contribution < 1.29 is 0 Å². The minimum atomic E-state index is -0.232. The van der Waals surface area contributed by atoms with Crippen LogP contribution in [0.2, 0.25) is 0 Å². The highest BCUT2D eigenvalue weighted by Crippen LogP contribution is 2.25. The van der Waals surface area contributed by atoms with Crippen LogP contribution in [0.5, 0.6) is 0 Å². The molecule has 0 radical (unpaired) electrons. The molecule has 0 fully saturated rings. The Kier molecular flexibility index (Phi) is 3.48. The van der Waals surface area contributed by atoms with Crippen LogP contribution in [0.15, 0.2) is 48.9 Å². The lowest BCUT2D eigenvalue weighted by Crippen LogP contribution is -2.18. The summed E-state index contributed by atoms with van der Waals surface area (Å²) >= 11 is 0. The summed E-state index contributed by atoms with van der Waals surface area (Å²) in [5.74, 6) is 0.906. The van der Waals surface area contributed by atoms with Gasteiger partial charge in [-0.3, -0.25) is 4.98 Å². The molecule has 0 saturated carbocycles. The molecule has 0 bridgehead atoms. The van der Waals surface area contributed by atoms with Crippen LogP contribution in [0.3, 0.4) is 0 Å². The lowest BCUT2D eigenvalue weighted by atomic mass is 10.0. The molecule has 1 atom stereocenters. The summed E-state index contributed by atoms with van der Waals surface area (Å²) in [6.07, 6.45) is 6.67. The molecular weight excluding hydrogens is 248 g/mol. The maximum absolute atomic E-state index is 6.45. The number of nitrogens with zero attached hydrogens (tertiary/aromatic N) is 3. The van der Waals surface area contributed by atoms with Crippen molar-refractivity contribution in [3.63, 3.8) is 0 Å². The third-order valence-electron chi connectivity index (χ3n) is 3.51. The Labute approximate surface area is 118 Å². The van der Waals surface area contributed by atoms with E-state index in [-0.39, 0.29) is 6.04 Å². The Morgan fingerprint density at radius 2 is 2.00 bits per heavy atom. The highest BCUT2D eigenvalue weighted by Gasteiger charge is 2.16. The molecule has 0 saturated heterocycles. The van der Waals surface area contributed by atoms with Crippen LogP contribution in [0.4, 0.5) is 0 Å². The molecule has 0 amide bonds. The smallest absolute Gasteiger partial charge is 0.130 e. The van der Waals surface area contributed by atoms with E-state index in [2.05, 4.69) is 27.5 Å². The minimum absolute atomic E-state index is 0.232. The predicted molar refractivity (Wildman–Crippen MR) is 80.3 cm³/mol. The van der Waals surface area contributed by atoms with Gasteiger partial charge >= 0.3 is 0 Å². The number of benzene rings is 1. The van der Waals surface area contributed by atoms with E-state index in [0.717, 1.165) is 35.3 Å². The van der Waals surface area contributed by atoms with E-state index in [4.69, 9.17) is 5.73 Å². The molecule has 2 aromatic heterocycles. The van der Waals surface area contributed by atoms with Gasteiger partial charge in [0.25, 0.3) is 0 Å². The van der Waals surface area contributed by atoms with Gasteiger partial charge < -0.3 is 10.3 Å². The van der Waals surface area contributed by atoms with Gasteiger partial charge in [-0.25, -0.2) is 4.98 Å². The Hall–Kier alpha value is -2.20. The summed E-state index contributed by atoms with van der Waals surface area (Å²) < 4.78 is 2.12. The SMILES string of the molecule is CCCn1ccnc1C(N)c1ccnc2ccccc12. The molecule has 4 heteroatoms. The number of rotatable bonds is 4. The van der Waals surface area contributed by atoms with Gasteiger partial charge in [0.05, 0.1) is 11.6 Å². The van der Waals surface area contributed by atoms with E-state index < -0.39 is 0 Å². The van der Waals surface area contributed by atoms with Gasteiger partial charge in [-0.2, -0.15) is 0 Å². The Balaban J connectivity index is 2.08. The molecular formula is C16H18N4. The third-order valence-corrected chi connectivity index (χ3v) is 3.51. The van der Waals surface area contributed by atoms with Crippen LogP contribution in [-0.4, -0.2) is 14.5 Å². The number of nitrogens with two attached hydrogens (primary N) is 1. The lowest BCUT2D eigenvalue weighted by molar-refractivity contribution is 0.614. The largest absolute Gasteiger partial charge is 0.333 e. The first kappa shape index (κ1) is 12.8. The second-order valence-electron chi connectivity index (χ2n) is 4.87. The van der Waals surface area contributed by atoms with Crippen molar-refractivity contribution in [1.82, 2.24) is 14.5 Å². The first-order valence-corrected chi connectivity index (χ1v) is 6.91. The maximum atomic E-state index is 6.45. The van der Waals surface area contributed by atoms with E-state index in [9.17, 15) is 0 Å². The second kappa shape index (κ2) is 5.43. The number of pyridine rings is 1. The first-order chi connectivity index (χ1) is 9.81. The normalized spacial score (nSPS) is 12.7. The highest BCUT2D eigenvalue weighted by molar-refractivity contribution is 5.82. The van der Waals surface area contributed by atoms with Gasteiger partial charge in [-0.05, 0) is 24.1 Å². The molecule has 0 spiro atoms. The fourth-order valence-corrected chi connectivity index (χ4v) is 2.56. The molecule has 1 aromatic carbocycles. The highest BCUT2D eigenvalue weighted by atomic mass is 15.1. The molecule has 20 heavy (non-hydrogen) atoms. The van der Waals surface area contributed by atoms with Crippen LogP contribution in [0.25, 0.3) is 10.9 Å². The molecule has 3 rings (SSSR count). The van der Waals surface area contributed by atoms with Crippen LogP contribution in [-0.2, 0) is 6.54 Å². The molecule has 102 valence electrons. The van der Waals surface area contributed by atoms with E-state index in [1.54, 1.807) is 0 Å². The number of hydrogen-bond donors (Lipinski definition) is 1. The van der Waals surface area contributed by atoms with Crippen molar-refractivity contribution in [3.8, 4) is 0 Å². The third kappa shape index (κ3) is 2.18. The fraction of sp³-hybridized carbons (Fsp3) is 0.250. The molecule has 0 aliphatic rings. The van der Waals surface area contributed by atoms with Crippen LogP contribution in [0, 0.1) is 0 Å². The van der Waals surface area contributed by atoms with Gasteiger partial charge in [-0.15, -0.1) is 0 Å². The zero-order valence-electron chi connectivity index (χ0n) is 11.5. The van der Waals surface area contributed by atoms with Crippen LogP contribution < -0.4 is 5.73 Å². The number of hydrogen-bond acceptors (Lipinski definition) is 3. The van der Waals surface area contributed by atoms with Gasteiger partial charge in [-0.1, -0.05) is 25.1 Å². The van der Waals surface area contributed by atoms with Crippen molar-refractivity contribution >= 4 is 10.9 Å². The van der Waals surface area contributed by atoms with E-state index in [1.807, 2.05) is 42.9 Å². The van der Waals surface area contributed by atoms with Crippen LogP contribution >= 0.6 is 0 Å². The number of aromatic nitrogens is 3. The van der Waals surface area contributed by atoms with Gasteiger partial charge in [0.15, 0.2) is 0 Å². The second-order valence-corrected chi connectivity index (χ2v) is 4.87. The monoisotopic (exact) mass is 266 g/mol. The van der Waals surface area contributed by atoms with Crippen molar-refractivity contribution in [1.29, 1.82) is 0 Å². The quantitative estimate of drug-likeness (QED) is 0.790. The molecule has 2 N–H and O–H groups in total. The topological polar surface area (TPSA) is 56.7 Å². The summed E-state index contributed by atoms with van der Waals surface area (Å²) in [7, 11) is 0. The maximum Gasteiger partial charge on any atom is 0.130 e. The Morgan fingerprint density at radius 1 is 1.15 bits per heavy atom. The molecule has 4 nitrogen and oxygen atoms in total. The van der Waals surface area contributed by atoms with Crippen molar-refractivity contribution in [2.24, 2.45) is 5.73 Å². The van der Waals surface area contributed by atoms with Crippen molar-refractivity contribution in [2.75, 3.05) is 0 Å². The zero-order valence-corrected chi connectivity index (χ0v) is 11.5. The van der Waals surface area contributed by atoms with Gasteiger partial charge in [0.1, 0.15) is 5.82 Å². The molecule has 0 aliphatic heterocycles.